The summed E-state index contributed by atoms with van der Waals surface area (Å²) in [6.07, 6.45) is 2.58. The van der Waals surface area contributed by atoms with Gasteiger partial charge in [0, 0.05) is 31.7 Å². The predicted molar refractivity (Wildman–Crippen MR) is 71.3 cm³/mol. The van der Waals surface area contributed by atoms with E-state index in [1.165, 1.54) is 19.4 Å². The van der Waals surface area contributed by atoms with Gasteiger partial charge < -0.3 is 10.2 Å². The molecule has 4 unspecified atom stereocenters. The van der Waals surface area contributed by atoms with E-state index >= 15 is 0 Å². The summed E-state index contributed by atoms with van der Waals surface area (Å²) in [6.45, 7) is 9.54. The van der Waals surface area contributed by atoms with E-state index in [1.807, 2.05) is 0 Å². The summed E-state index contributed by atoms with van der Waals surface area (Å²) in [5.41, 5.74) is 0. The van der Waals surface area contributed by atoms with E-state index in [9.17, 15) is 4.79 Å². The molecule has 3 rings (SSSR count). The van der Waals surface area contributed by atoms with Crippen molar-refractivity contribution >= 4 is 5.91 Å². The Hall–Kier alpha value is -0.610. The minimum Gasteiger partial charge on any atom is -0.337 e. The lowest BCUT2D eigenvalue weighted by Gasteiger charge is -2.43. The fraction of sp³-hybridized carbons (Fsp3) is 0.929. The summed E-state index contributed by atoms with van der Waals surface area (Å²) in [6, 6.07) is 1.02. The molecule has 3 fully saturated rings. The molecule has 0 bridgehead atoms. The van der Waals surface area contributed by atoms with Crippen molar-refractivity contribution in [3.63, 3.8) is 0 Å². The van der Waals surface area contributed by atoms with Crippen molar-refractivity contribution in [2.24, 2.45) is 11.8 Å². The number of fused-ring (bicyclic) bond motifs is 1. The number of carbonyl (C=O) groups excluding carboxylic acids is 1. The zero-order chi connectivity index (χ0) is 12.7. The van der Waals surface area contributed by atoms with Crippen LogP contribution >= 0.6 is 0 Å². The molecule has 4 nitrogen and oxygen atoms in total. The largest absolute Gasteiger partial charge is 0.337 e. The smallest absolute Gasteiger partial charge is 0.227 e. The summed E-state index contributed by atoms with van der Waals surface area (Å²) >= 11 is 0. The van der Waals surface area contributed by atoms with Crippen LogP contribution in [0.4, 0.5) is 0 Å². The molecular weight excluding hydrogens is 226 g/mol. The summed E-state index contributed by atoms with van der Waals surface area (Å²) in [4.78, 5) is 17.4. The molecule has 0 radical (unpaired) electrons. The third-order valence-corrected chi connectivity index (χ3v) is 5.06. The third kappa shape index (κ3) is 2.05. The molecule has 102 valence electrons. The fourth-order valence-corrected chi connectivity index (χ4v) is 3.85. The lowest BCUT2D eigenvalue weighted by Crippen LogP contribution is -2.58. The minimum absolute atomic E-state index is 0.209. The van der Waals surface area contributed by atoms with Crippen molar-refractivity contribution in [1.82, 2.24) is 15.1 Å². The first-order valence-corrected chi connectivity index (χ1v) is 7.42. The molecule has 4 heteroatoms. The van der Waals surface area contributed by atoms with Crippen LogP contribution in [-0.2, 0) is 4.79 Å². The maximum atomic E-state index is 12.7. The molecule has 1 N–H and O–H groups in total. The van der Waals surface area contributed by atoms with Crippen LogP contribution in [0.1, 0.15) is 26.7 Å². The van der Waals surface area contributed by atoms with Gasteiger partial charge in [0.1, 0.15) is 0 Å². The van der Waals surface area contributed by atoms with Gasteiger partial charge in [-0.05, 0) is 38.8 Å². The van der Waals surface area contributed by atoms with Gasteiger partial charge >= 0.3 is 0 Å². The van der Waals surface area contributed by atoms with Gasteiger partial charge in [0.05, 0.1) is 5.92 Å². The second kappa shape index (κ2) is 4.82. The third-order valence-electron chi connectivity index (χ3n) is 5.06. The van der Waals surface area contributed by atoms with Crippen LogP contribution in [0.25, 0.3) is 0 Å². The number of nitrogens with zero attached hydrogens (tertiary/aromatic N) is 2. The predicted octanol–water partition coefficient (Wildman–Crippen LogP) is 0.537. The highest BCUT2D eigenvalue weighted by molar-refractivity contribution is 5.80. The van der Waals surface area contributed by atoms with Crippen LogP contribution < -0.4 is 5.32 Å². The summed E-state index contributed by atoms with van der Waals surface area (Å²) < 4.78 is 0. The second-order valence-electron chi connectivity index (χ2n) is 6.37. The Morgan fingerprint density at radius 3 is 2.78 bits per heavy atom. The van der Waals surface area contributed by atoms with E-state index in [1.54, 1.807) is 0 Å². The van der Waals surface area contributed by atoms with E-state index < -0.39 is 0 Å². The van der Waals surface area contributed by atoms with Crippen LogP contribution in [0.3, 0.4) is 0 Å². The standard InChI is InChI=1S/C14H25N3O/c1-10-6-15-7-13(10)14(18)17-9-12-4-3-5-16(12)8-11(17)2/h10-13,15H,3-9H2,1-2H3. The first-order chi connectivity index (χ1) is 8.66. The van der Waals surface area contributed by atoms with Crippen molar-refractivity contribution in [3.05, 3.63) is 0 Å². The van der Waals surface area contributed by atoms with Crippen molar-refractivity contribution in [2.75, 3.05) is 32.7 Å². The van der Waals surface area contributed by atoms with Crippen molar-refractivity contribution in [1.29, 1.82) is 0 Å². The highest BCUT2D eigenvalue weighted by Crippen LogP contribution is 2.27. The highest BCUT2D eigenvalue weighted by atomic mass is 16.2. The number of carbonyl (C=O) groups is 1. The normalized spacial score (nSPS) is 41.1. The van der Waals surface area contributed by atoms with Crippen LogP contribution in [-0.4, -0.2) is 60.5 Å². The summed E-state index contributed by atoms with van der Waals surface area (Å²) in [7, 11) is 0. The average Bonchev–Trinajstić information content (AvgIpc) is 2.95. The second-order valence-corrected chi connectivity index (χ2v) is 6.37. The molecule has 0 saturated carbocycles. The Bertz CT molecular complexity index is 333. The van der Waals surface area contributed by atoms with E-state index in [4.69, 9.17) is 0 Å². The number of hydrogen-bond acceptors (Lipinski definition) is 3. The number of piperazine rings is 1. The molecule has 3 heterocycles. The summed E-state index contributed by atoms with van der Waals surface area (Å²) in [5.74, 6) is 1.10. The highest BCUT2D eigenvalue weighted by Gasteiger charge is 2.40. The fourth-order valence-electron chi connectivity index (χ4n) is 3.85. The topological polar surface area (TPSA) is 35.6 Å². The SMILES string of the molecule is CC1CNCC1C(=O)N1CC2CCCN2CC1C. The quantitative estimate of drug-likeness (QED) is 0.739. The van der Waals surface area contributed by atoms with E-state index in [2.05, 4.69) is 29.0 Å². The maximum Gasteiger partial charge on any atom is 0.227 e. The zero-order valence-corrected chi connectivity index (χ0v) is 11.6. The average molecular weight is 251 g/mol. The molecule has 3 aliphatic rings. The van der Waals surface area contributed by atoms with Crippen molar-refractivity contribution in [2.45, 2.75) is 38.8 Å². The van der Waals surface area contributed by atoms with E-state index in [0.29, 0.717) is 23.9 Å². The minimum atomic E-state index is 0.209. The summed E-state index contributed by atoms with van der Waals surface area (Å²) in [5, 5.41) is 3.35. The van der Waals surface area contributed by atoms with Gasteiger partial charge in [-0.2, -0.15) is 0 Å². The van der Waals surface area contributed by atoms with Gasteiger partial charge in [-0.25, -0.2) is 0 Å². The molecule has 3 aliphatic heterocycles. The molecule has 0 aromatic carbocycles. The van der Waals surface area contributed by atoms with Gasteiger partial charge in [0.15, 0.2) is 0 Å². The van der Waals surface area contributed by atoms with Gasteiger partial charge in [-0.3, -0.25) is 9.69 Å². The Kier molecular flexibility index (Phi) is 3.32. The number of rotatable bonds is 1. The first-order valence-electron chi connectivity index (χ1n) is 7.42. The molecule has 3 saturated heterocycles. The molecule has 18 heavy (non-hydrogen) atoms. The van der Waals surface area contributed by atoms with Crippen LogP contribution in [0, 0.1) is 11.8 Å². The Morgan fingerprint density at radius 2 is 2.06 bits per heavy atom. The van der Waals surface area contributed by atoms with E-state index in [-0.39, 0.29) is 5.92 Å². The lowest BCUT2D eigenvalue weighted by molar-refractivity contribution is -0.141. The number of nitrogens with one attached hydrogen (secondary N) is 1. The molecular formula is C14H25N3O. The number of hydrogen-bond donors (Lipinski definition) is 1. The van der Waals surface area contributed by atoms with E-state index in [0.717, 1.165) is 26.2 Å². The van der Waals surface area contributed by atoms with Gasteiger partial charge in [0.25, 0.3) is 0 Å². The Morgan fingerprint density at radius 1 is 1.22 bits per heavy atom. The first kappa shape index (κ1) is 12.4. The lowest BCUT2D eigenvalue weighted by atomic mass is 9.95. The Labute approximate surface area is 110 Å². The van der Waals surface area contributed by atoms with Gasteiger partial charge in [-0.1, -0.05) is 6.92 Å². The van der Waals surface area contributed by atoms with Crippen molar-refractivity contribution < 1.29 is 4.79 Å². The van der Waals surface area contributed by atoms with Gasteiger partial charge in [-0.15, -0.1) is 0 Å². The van der Waals surface area contributed by atoms with Crippen LogP contribution in [0.2, 0.25) is 0 Å². The zero-order valence-electron chi connectivity index (χ0n) is 11.6. The molecule has 4 atom stereocenters. The molecule has 0 aliphatic carbocycles. The molecule has 0 spiro atoms. The van der Waals surface area contributed by atoms with Crippen LogP contribution in [0.5, 0.6) is 0 Å². The maximum absolute atomic E-state index is 12.7. The Balaban J connectivity index is 1.69. The molecule has 0 aromatic heterocycles. The number of amides is 1. The molecule has 0 aromatic rings. The van der Waals surface area contributed by atoms with Crippen molar-refractivity contribution in [3.8, 4) is 0 Å². The van der Waals surface area contributed by atoms with Crippen LogP contribution in [0.15, 0.2) is 0 Å². The van der Waals surface area contributed by atoms with Gasteiger partial charge in [0.2, 0.25) is 5.91 Å². The monoisotopic (exact) mass is 251 g/mol. The molecule has 1 amide bonds.